The lowest BCUT2D eigenvalue weighted by atomic mass is 10.2. The molecule has 5 rings (SSSR count). The summed E-state index contributed by atoms with van der Waals surface area (Å²) in [4.78, 5) is 17.4. The zero-order valence-corrected chi connectivity index (χ0v) is 20.7. The molecule has 37 heavy (non-hydrogen) atoms. The number of morpholine rings is 1. The van der Waals surface area contributed by atoms with Crippen molar-refractivity contribution in [2.24, 2.45) is 0 Å². The number of fused-ring (bicyclic) bond motifs is 1. The summed E-state index contributed by atoms with van der Waals surface area (Å²) in [6.07, 6.45) is 0.713. The molecule has 0 amide bonds. The molecule has 2 aromatic carbocycles. The van der Waals surface area contributed by atoms with E-state index in [9.17, 15) is 18.5 Å². The fourth-order valence-electron chi connectivity index (χ4n) is 4.16. The van der Waals surface area contributed by atoms with Gasteiger partial charge in [-0.2, -0.15) is 4.98 Å². The smallest absolute Gasteiger partial charge is 0.282 e. The Balaban J connectivity index is 1.46. The summed E-state index contributed by atoms with van der Waals surface area (Å²) in [5.74, 6) is 0.520. The van der Waals surface area contributed by atoms with Crippen LogP contribution in [0.2, 0.25) is 0 Å². The molecule has 12 nitrogen and oxygen atoms in total. The van der Waals surface area contributed by atoms with Crippen molar-refractivity contribution < 1.29 is 32.0 Å². The average molecular weight is 531 g/mol. The number of oxazole rings is 1. The minimum Gasteiger partial charge on any atom is -0.486 e. The average Bonchev–Trinajstić information content (AvgIpc) is 3.36. The van der Waals surface area contributed by atoms with Crippen molar-refractivity contribution in [3.8, 4) is 23.0 Å². The van der Waals surface area contributed by atoms with Crippen LogP contribution in [-0.4, -0.2) is 75.8 Å². The lowest BCUT2D eigenvalue weighted by Crippen LogP contribution is -2.37. The SMILES string of the molecule is O=[N+]([O-])c1ccccc1-c1nc(S(=O)(=O)c2ccc3c(c2)OCCO3)c(NCCCN2CCOCC2)o1. The summed E-state index contributed by atoms with van der Waals surface area (Å²) in [5, 5.41) is 14.2. The van der Waals surface area contributed by atoms with Crippen molar-refractivity contribution in [2.75, 3.05) is 57.9 Å². The Labute approximate surface area is 213 Å². The van der Waals surface area contributed by atoms with Crippen LogP contribution in [0.1, 0.15) is 6.42 Å². The highest BCUT2D eigenvalue weighted by Gasteiger charge is 2.31. The van der Waals surface area contributed by atoms with Gasteiger partial charge in [0, 0.05) is 31.8 Å². The second-order valence-electron chi connectivity index (χ2n) is 8.47. The van der Waals surface area contributed by atoms with Crippen LogP contribution < -0.4 is 14.8 Å². The van der Waals surface area contributed by atoms with E-state index in [1.165, 1.54) is 36.4 Å². The molecular formula is C24H26N4O8S. The first-order chi connectivity index (χ1) is 17.9. The number of hydrogen-bond donors (Lipinski definition) is 1. The number of nitro groups is 1. The third-order valence-electron chi connectivity index (χ3n) is 6.05. The van der Waals surface area contributed by atoms with Gasteiger partial charge < -0.3 is 23.9 Å². The minimum atomic E-state index is -4.18. The standard InChI is InChI=1S/C24H26N4O8S/c29-28(30)19-5-2-1-4-18(19)22-26-24(23(36-22)25-8-3-9-27-10-12-33-13-11-27)37(31,32)17-6-7-20-21(16-17)35-15-14-34-20/h1-2,4-7,16,25H,3,8-15H2. The van der Waals surface area contributed by atoms with Crippen LogP contribution >= 0.6 is 0 Å². The van der Waals surface area contributed by atoms with Crippen LogP contribution in [0.4, 0.5) is 11.6 Å². The molecule has 1 fully saturated rings. The first-order valence-corrected chi connectivity index (χ1v) is 13.3. The van der Waals surface area contributed by atoms with E-state index < -0.39 is 14.8 Å². The number of benzene rings is 2. The van der Waals surface area contributed by atoms with Gasteiger partial charge in [0.1, 0.15) is 18.8 Å². The Kier molecular flexibility index (Phi) is 7.26. The molecule has 3 aromatic rings. The molecule has 2 aliphatic heterocycles. The molecule has 3 heterocycles. The van der Waals surface area contributed by atoms with E-state index in [4.69, 9.17) is 18.6 Å². The van der Waals surface area contributed by atoms with Gasteiger partial charge in [0.25, 0.3) is 5.69 Å². The zero-order chi connectivity index (χ0) is 25.8. The molecule has 0 unspecified atom stereocenters. The van der Waals surface area contributed by atoms with Crippen molar-refractivity contribution in [3.63, 3.8) is 0 Å². The topological polar surface area (TPSA) is 146 Å². The van der Waals surface area contributed by atoms with Gasteiger partial charge in [-0.3, -0.25) is 15.0 Å². The number of aromatic nitrogens is 1. The fraction of sp³-hybridized carbons (Fsp3) is 0.375. The number of ether oxygens (including phenoxy) is 3. The van der Waals surface area contributed by atoms with E-state index in [0.29, 0.717) is 50.9 Å². The van der Waals surface area contributed by atoms with Crippen LogP contribution in [0.25, 0.3) is 11.5 Å². The van der Waals surface area contributed by atoms with Crippen LogP contribution in [0, 0.1) is 10.1 Å². The van der Waals surface area contributed by atoms with E-state index in [1.54, 1.807) is 6.07 Å². The first-order valence-electron chi connectivity index (χ1n) is 11.9. The van der Waals surface area contributed by atoms with Crippen molar-refractivity contribution in [1.29, 1.82) is 0 Å². The predicted molar refractivity (Wildman–Crippen MR) is 132 cm³/mol. The quantitative estimate of drug-likeness (QED) is 0.247. The minimum absolute atomic E-state index is 0.0597. The maximum absolute atomic E-state index is 13.7. The largest absolute Gasteiger partial charge is 0.486 e. The van der Waals surface area contributed by atoms with E-state index >= 15 is 0 Å². The number of nitrogens with zero attached hydrogens (tertiary/aromatic N) is 3. The molecule has 196 valence electrons. The maximum atomic E-state index is 13.7. The molecule has 0 aliphatic carbocycles. The summed E-state index contributed by atoms with van der Waals surface area (Å²) in [6.45, 7) is 4.94. The summed E-state index contributed by atoms with van der Waals surface area (Å²) >= 11 is 0. The van der Waals surface area contributed by atoms with Crippen LogP contribution in [0.5, 0.6) is 11.5 Å². The van der Waals surface area contributed by atoms with Gasteiger partial charge in [-0.1, -0.05) is 12.1 Å². The Morgan fingerprint density at radius 2 is 1.78 bits per heavy atom. The first kappa shape index (κ1) is 25.0. The third-order valence-corrected chi connectivity index (χ3v) is 7.71. The lowest BCUT2D eigenvalue weighted by molar-refractivity contribution is -0.384. The number of nitro benzene ring substituents is 1. The Bertz CT molecular complexity index is 1390. The van der Waals surface area contributed by atoms with Crippen LogP contribution in [0.15, 0.2) is 56.8 Å². The highest BCUT2D eigenvalue weighted by atomic mass is 32.2. The molecule has 1 N–H and O–H groups in total. The number of anilines is 1. The summed E-state index contributed by atoms with van der Waals surface area (Å²) < 4.78 is 49.5. The van der Waals surface area contributed by atoms with E-state index in [-0.39, 0.29) is 32.9 Å². The monoisotopic (exact) mass is 530 g/mol. The van der Waals surface area contributed by atoms with Crippen LogP contribution in [-0.2, 0) is 14.6 Å². The highest BCUT2D eigenvalue weighted by Crippen LogP contribution is 2.38. The molecule has 0 bridgehead atoms. The molecule has 1 saturated heterocycles. The Hall–Kier alpha value is -3.68. The molecule has 0 saturated carbocycles. The number of hydrogen-bond acceptors (Lipinski definition) is 11. The molecule has 1 aromatic heterocycles. The van der Waals surface area contributed by atoms with Gasteiger partial charge in [0.05, 0.1) is 23.0 Å². The number of para-hydroxylation sites is 1. The molecule has 0 spiro atoms. The molecule has 2 aliphatic rings. The second-order valence-corrected chi connectivity index (χ2v) is 10.3. The normalized spacial score (nSPS) is 15.9. The Morgan fingerprint density at radius 1 is 1.03 bits per heavy atom. The van der Waals surface area contributed by atoms with Gasteiger partial charge in [-0.05, 0) is 31.2 Å². The summed E-state index contributed by atoms with van der Waals surface area (Å²) in [5.41, 5.74) is -0.168. The van der Waals surface area contributed by atoms with Gasteiger partial charge in [-0.15, -0.1) is 0 Å². The molecular weight excluding hydrogens is 504 g/mol. The third kappa shape index (κ3) is 5.38. The summed E-state index contributed by atoms with van der Waals surface area (Å²) in [7, 11) is -4.18. The van der Waals surface area contributed by atoms with Crippen molar-refractivity contribution in [1.82, 2.24) is 9.88 Å². The van der Waals surface area contributed by atoms with Crippen LogP contribution in [0.3, 0.4) is 0 Å². The lowest BCUT2D eigenvalue weighted by Gasteiger charge is -2.26. The van der Waals surface area contributed by atoms with E-state index in [1.807, 2.05) is 0 Å². The fourth-order valence-corrected chi connectivity index (χ4v) is 5.45. The van der Waals surface area contributed by atoms with Gasteiger partial charge in [-0.25, -0.2) is 8.42 Å². The van der Waals surface area contributed by atoms with Gasteiger partial charge in [0.15, 0.2) is 11.5 Å². The maximum Gasteiger partial charge on any atom is 0.282 e. The zero-order valence-electron chi connectivity index (χ0n) is 19.9. The highest BCUT2D eigenvalue weighted by molar-refractivity contribution is 7.91. The van der Waals surface area contributed by atoms with E-state index in [2.05, 4.69) is 15.2 Å². The molecule has 13 heteroatoms. The summed E-state index contributed by atoms with van der Waals surface area (Å²) in [6, 6.07) is 10.2. The molecule has 0 atom stereocenters. The van der Waals surface area contributed by atoms with E-state index in [0.717, 1.165) is 19.6 Å². The molecule has 0 radical (unpaired) electrons. The van der Waals surface area contributed by atoms with Crippen molar-refractivity contribution in [2.45, 2.75) is 16.3 Å². The van der Waals surface area contributed by atoms with Gasteiger partial charge in [0.2, 0.25) is 26.6 Å². The van der Waals surface area contributed by atoms with Crippen molar-refractivity contribution in [3.05, 3.63) is 52.6 Å². The van der Waals surface area contributed by atoms with Crippen molar-refractivity contribution >= 4 is 21.4 Å². The number of sulfone groups is 1. The number of rotatable bonds is 9. The van der Waals surface area contributed by atoms with Gasteiger partial charge >= 0.3 is 0 Å². The Morgan fingerprint density at radius 3 is 2.57 bits per heavy atom. The second kappa shape index (κ2) is 10.7. The number of nitrogens with one attached hydrogen (secondary N) is 1. The predicted octanol–water partition coefficient (Wildman–Crippen LogP) is 2.99.